The molecule has 0 atom stereocenters. The molecular weight excluding hydrogens is 220 g/mol. The number of nitrogens with one attached hydrogen (secondary N) is 1. The number of nitriles is 1. The lowest BCUT2D eigenvalue weighted by Crippen LogP contribution is -2.15. The van der Waals surface area contributed by atoms with E-state index in [-0.39, 0.29) is 5.41 Å². The van der Waals surface area contributed by atoms with Gasteiger partial charge in [-0.1, -0.05) is 23.7 Å². The van der Waals surface area contributed by atoms with Crippen LogP contribution in [0.4, 0.5) is 5.69 Å². The van der Waals surface area contributed by atoms with Crippen LogP contribution in [0.1, 0.15) is 25.8 Å². The van der Waals surface area contributed by atoms with Gasteiger partial charge in [0, 0.05) is 6.54 Å². The van der Waals surface area contributed by atoms with Gasteiger partial charge in [0.25, 0.3) is 0 Å². The number of hydrogen-bond acceptors (Lipinski definition) is 2. The fourth-order valence-electron chi connectivity index (χ4n) is 1.41. The maximum absolute atomic E-state index is 8.90. The molecule has 0 heterocycles. The van der Waals surface area contributed by atoms with E-state index >= 15 is 0 Å². The zero-order valence-corrected chi connectivity index (χ0v) is 10.7. The molecule has 1 rings (SSSR count). The number of nitrogens with zero attached hydrogens (tertiary/aromatic N) is 1. The lowest BCUT2D eigenvalue weighted by Gasteiger charge is -2.17. The number of benzene rings is 1. The first-order valence-electron chi connectivity index (χ1n) is 5.36. The highest BCUT2D eigenvalue weighted by Gasteiger charge is 2.16. The zero-order valence-electron chi connectivity index (χ0n) is 9.97. The molecule has 0 aliphatic heterocycles. The second-order valence-corrected chi connectivity index (χ2v) is 5.01. The van der Waals surface area contributed by atoms with Gasteiger partial charge in [-0.25, -0.2) is 0 Å². The number of aryl methyl sites for hydroxylation is 1. The Morgan fingerprint density at radius 2 is 2.12 bits per heavy atom. The first-order chi connectivity index (χ1) is 7.46. The number of halogens is 1. The van der Waals surface area contributed by atoms with Crippen molar-refractivity contribution in [1.82, 2.24) is 0 Å². The summed E-state index contributed by atoms with van der Waals surface area (Å²) in [7, 11) is 0. The summed E-state index contributed by atoms with van der Waals surface area (Å²) in [6.07, 6.45) is 0.800. The molecule has 16 heavy (non-hydrogen) atoms. The predicted molar refractivity (Wildman–Crippen MR) is 68.7 cm³/mol. The molecule has 0 saturated carbocycles. The van der Waals surface area contributed by atoms with Crippen molar-refractivity contribution in [3.8, 4) is 6.07 Å². The number of anilines is 1. The summed E-state index contributed by atoms with van der Waals surface area (Å²) in [5, 5.41) is 12.9. The molecule has 0 amide bonds. The van der Waals surface area contributed by atoms with Crippen LogP contribution < -0.4 is 5.32 Å². The van der Waals surface area contributed by atoms with Crippen LogP contribution in [0.3, 0.4) is 0 Å². The van der Waals surface area contributed by atoms with E-state index in [0.717, 1.165) is 29.2 Å². The van der Waals surface area contributed by atoms with Crippen molar-refractivity contribution in [2.24, 2.45) is 5.41 Å². The van der Waals surface area contributed by atoms with Crippen LogP contribution in [-0.2, 0) is 0 Å². The van der Waals surface area contributed by atoms with Gasteiger partial charge in [-0.15, -0.1) is 0 Å². The molecule has 0 aliphatic rings. The van der Waals surface area contributed by atoms with Crippen molar-refractivity contribution in [1.29, 1.82) is 5.26 Å². The van der Waals surface area contributed by atoms with Crippen molar-refractivity contribution < 1.29 is 0 Å². The van der Waals surface area contributed by atoms with E-state index in [1.54, 1.807) is 0 Å². The molecule has 1 aromatic rings. The Morgan fingerprint density at radius 1 is 1.44 bits per heavy atom. The molecule has 3 heteroatoms. The summed E-state index contributed by atoms with van der Waals surface area (Å²) < 4.78 is 0. The molecule has 0 aromatic heterocycles. The fraction of sp³-hybridized carbons (Fsp3) is 0.462. The molecule has 1 N–H and O–H groups in total. The van der Waals surface area contributed by atoms with E-state index < -0.39 is 0 Å². The van der Waals surface area contributed by atoms with Gasteiger partial charge in [-0.2, -0.15) is 5.26 Å². The molecule has 0 aliphatic carbocycles. The summed E-state index contributed by atoms with van der Waals surface area (Å²) >= 11 is 6.09. The molecule has 0 spiro atoms. The molecule has 0 unspecified atom stereocenters. The van der Waals surface area contributed by atoms with Gasteiger partial charge in [0.2, 0.25) is 0 Å². The highest BCUT2D eigenvalue weighted by atomic mass is 35.5. The van der Waals surface area contributed by atoms with Crippen molar-refractivity contribution >= 4 is 17.3 Å². The van der Waals surface area contributed by atoms with Crippen LogP contribution >= 0.6 is 11.6 Å². The van der Waals surface area contributed by atoms with Gasteiger partial charge in [0.1, 0.15) is 0 Å². The highest BCUT2D eigenvalue weighted by Crippen LogP contribution is 2.26. The van der Waals surface area contributed by atoms with Crippen molar-refractivity contribution in [2.45, 2.75) is 27.2 Å². The summed E-state index contributed by atoms with van der Waals surface area (Å²) in [6.45, 7) is 6.65. The van der Waals surface area contributed by atoms with Gasteiger partial charge in [0.15, 0.2) is 0 Å². The second-order valence-electron chi connectivity index (χ2n) is 4.60. The van der Waals surface area contributed by atoms with E-state index in [1.165, 1.54) is 0 Å². The molecule has 0 radical (unpaired) electrons. The van der Waals surface area contributed by atoms with Gasteiger partial charge >= 0.3 is 0 Å². The average Bonchev–Trinajstić information content (AvgIpc) is 2.22. The molecule has 1 aromatic carbocycles. The molecule has 0 saturated heterocycles. The quantitative estimate of drug-likeness (QED) is 0.858. The standard InChI is InChI=1S/C13H17ClN2/c1-10-5-4-6-11(14)12(10)16-8-7-13(2,3)9-15/h4-6,16H,7-8H2,1-3H3. The summed E-state index contributed by atoms with van der Waals surface area (Å²) in [4.78, 5) is 0. The third-order valence-corrected chi connectivity index (χ3v) is 2.89. The maximum atomic E-state index is 8.90. The number of para-hydroxylation sites is 1. The van der Waals surface area contributed by atoms with E-state index in [1.807, 2.05) is 39.0 Å². The minimum Gasteiger partial charge on any atom is -0.384 e. The first-order valence-corrected chi connectivity index (χ1v) is 5.74. The second kappa shape index (κ2) is 5.23. The molecular formula is C13H17ClN2. The summed E-state index contributed by atoms with van der Waals surface area (Å²) in [5.74, 6) is 0. The van der Waals surface area contributed by atoms with Crippen LogP contribution in [0, 0.1) is 23.7 Å². The molecule has 0 bridgehead atoms. The fourth-order valence-corrected chi connectivity index (χ4v) is 1.70. The minimum atomic E-state index is -0.290. The maximum Gasteiger partial charge on any atom is 0.0684 e. The molecule has 2 nitrogen and oxygen atoms in total. The Kier molecular flexibility index (Phi) is 4.20. The van der Waals surface area contributed by atoms with E-state index in [9.17, 15) is 0 Å². The zero-order chi connectivity index (χ0) is 12.2. The van der Waals surface area contributed by atoms with Crippen LogP contribution in [0.25, 0.3) is 0 Å². The first kappa shape index (κ1) is 12.9. The molecule has 86 valence electrons. The lowest BCUT2D eigenvalue weighted by atomic mass is 9.91. The summed E-state index contributed by atoms with van der Waals surface area (Å²) in [6, 6.07) is 8.10. The Bertz CT molecular complexity index is 385. The monoisotopic (exact) mass is 236 g/mol. The minimum absolute atomic E-state index is 0.290. The Labute approximate surface area is 102 Å². The van der Waals surface area contributed by atoms with E-state index in [0.29, 0.717) is 0 Å². The lowest BCUT2D eigenvalue weighted by molar-refractivity contribution is 0.466. The van der Waals surface area contributed by atoms with Gasteiger partial charge in [-0.3, -0.25) is 0 Å². The SMILES string of the molecule is Cc1cccc(Cl)c1NCCC(C)(C)C#N. The van der Waals surface area contributed by atoms with Gasteiger partial charge in [-0.05, 0) is 38.8 Å². The summed E-state index contributed by atoms with van der Waals surface area (Å²) in [5.41, 5.74) is 1.81. The number of rotatable bonds is 4. The normalized spacial score (nSPS) is 10.9. The third kappa shape index (κ3) is 3.43. The largest absolute Gasteiger partial charge is 0.384 e. The average molecular weight is 237 g/mol. The van der Waals surface area contributed by atoms with Crippen molar-refractivity contribution in [3.63, 3.8) is 0 Å². The van der Waals surface area contributed by atoms with Crippen LogP contribution in [0.5, 0.6) is 0 Å². The Morgan fingerprint density at radius 3 is 2.69 bits per heavy atom. The smallest absolute Gasteiger partial charge is 0.0684 e. The Balaban J connectivity index is 2.60. The van der Waals surface area contributed by atoms with Crippen molar-refractivity contribution in [3.05, 3.63) is 28.8 Å². The predicted octanol–water partition coefficient (Wildman–Crippen LogP) is 4.00. The Hall–Kier alpha value is -1.20. The topological polar surface area (TPSA) is 35.8 Å². The van der Waals surface area contributed by atoms with Gasteiger partial charge in [0.05, 0.1) is 22.2 Å². The third-order valence-electron chi connectivity index (χ3n) is 2.58. The van der Waals surface area contributed by atoms with E-state index in [4.69, 9.17) is 16.9 Å². The van der Waals surface area contributed by atoms with Gasteiger partial charge < -0.3 is 5.32 Å². The molecule has 0 fully saturated rings. The number of hydrogen-bond donors (Lipinski definition) is 1. The van der Waals surface area contributed by atoms with Crippen LogP contribution in [-0.4, -0.2) is 6.54 Å². The highest BCUT2D eigenvalue weighted by molar-refractivity contribution is 6.33. The van der Waals surface area contributed by atoms with Crippen LogP contribution in [0.2, 0.25) is 5.02 Å². The van der Waals surface area contributed by atoms with Crippen molar-refractivity contribution in [2.75, 3.05) is 11.9 Å². The van der Waals surface area contributed by atoms with Crippen LogP contribution in [0.15, 0.2) is 18.2 Å². The van der Waals surface area contributed by atoms with E-state index in [2.05, 4.69) is 11.4 Å².